The lowest BCUT2D eigenvalue weighted by Gasteiger charge is -2.05. The lowest BCUT2D eigenvalue weighted by molar-refractivity contribution is 0.670. The Kier molecular flexibility index (Phi) is 3.64. The SMILES string of the molecule is c1cncc(-c2cccc(-c3cnc4nc(Cn5cncn5)ccn34)n2)c1. The molecule has 8 nitrogen and oxygen atoms in total. The fourth-order valence-electron chi connectivity index (χ4n) is 2.92. The van der Waals surface area contributed by atoms with E-state index in [1.807, 2.05) is 47.0 Å². The summed E-state index contributed by atoms with van der Waals surface area (Å²) in [5.41, 5.74) is 4.42. The average Bonchev–Trinajstić information content (AvgIpc) is 3.38. The van der Waals surface area contributed by atoms with E-state index in [1.54, 1.807) is 29.6 Å². The van der Waals surface area contributed by atoms with Crippen LogP contribution in [0.25, 0.3) is 28.4 Å². The number of nitrogens with zero attached hydrogens (tertiary/aromatic N) is 8. The van der Waals surface area contributed by atoms with E-state index in [9.17, 15) is 0 Å². The second-order valence-corrected chi connectivity index (χ2v) is 5.98. The zero-order chi connectivity index (χ0) is 18.1. The minimum Gasteiger partial charge on any atom is -0.282 e. The summed E-state index contributed by atoms with van der Waals surface area (Å²) >= 11 is 0. The summed E-state index contributed by atoms with van der Waals surface area (Å²) in [4.78, 5) is 21.9. The van der Waals surface area contributed by atoms with Crippen molar-refractivity contribution in [3.8, 4) is 22.6 Å². The van der Waals surface area contributed by atoms with Crippen molar-refractivity contribution in [1.82, 2.24) is 39.1 Å². The maximum Gasteiger partial charge on any atom is 0.234 e. The molecule has 0 N–H and O–H groups in total. The fourth-order valence-corrected chi connectivity index (χ4v) is 2.92. The van der Waals surface area contributed by atoms with Crippen LogP contribution in [0.4, 0.5) is 0 Å². The molecule has 0 aliphatic heterocycles. The van der Waals surface area contributed by atoms with Gasteiger partial charge in [0.1, 0.15) is 12.7 Å². The summed E-state index contributed by atoms with van der Waals surface area (Å²) in [7, 11) is 0. The third-order valence-electron chi connectivity index (χ3n) is 4.20. The Bertz CT molecular complexity index is 1200. The Morgan fingerprint density at radius 3 is 2.70 bits per heavy atom. The Labute approximate surface area is 154 Å². The van der Waals surface area contributed by atoms with Gasteiger partial charge in [0.15, 0.2) is 0 Å². The van der Waals surface area contributed by atoms with Crippen LogP contribution < -0.4 is 0 Å². The van der Waals surface area contributed by atoms with E-state index < -0.39 is 0 Å². The minimum atomic E-state index is 0.549. The number of rotatable bonds is 4. The first-order chi connectivity index (χ1) is 13.4. The lowest BCUT2D eigenvalue weighted by Crippen LogP contribution is -2.04. The van der Waals surface area contributed by atoms with Gasteiger partial charge in [0.25, 0.3) is 0 Å². The van der Waals surface area contributed by atoms with Gasteiger partial charge in [-0.25, -0.2) is 24.6 Å². The molecule has 0 aliphatic rings. The van der Waals surface area contributed by atoms with E-state index in [0.29, 0.717) is 12.3 Å². The molecule has 130 valence electrons. The normalized spacial score (nSPS) is 11.1. The van der Waals surface area contributed by atoms with Gasteiger partial charge in [0.2, 0.25) is 5.78 Å². The van der Waals surface area contributed by atoms with Crippen molar-refractivity contribution in [1.29, 1.82) is 0 Å². The summed E-state index contributed by atoms with van der Waals surface area (Å²) in [5, 5.41) is 4.11. The molecular weight excluding hydrogens is 340 g/mol. The summed E-state index contributed by atoms with van der Waals surface area (Å²) in [5.74, 6) is 0.621. The third-order valence-corrected chi connectivity index (χ3v) is 4.20. The first kappa shape index (κ1) is 15.3. The van der Waals surface area contributed by atoms with Crippen molar-refractivity contribution in [2.24, 2.45) is 0 Å². The van der Waals surface area contributed by atoms with Gasteiger partial charge in [-0.05, 0) is 30.3 Å². The first-order valence-corrected chi connectivity index (χ1v) is 8.40. The number of fused-ring (bicyclic) bond motifs is 1. The monoisotopic (exact) mass is 354 g/mol. The predicted molar refractivity (Wildman–Crippen MR) is 98.6 cm³/mol. The van der Waals surface area contributed by atoms with Gasteiger partial charge >= 0.3 is 0 Å². The molecule has 0 aromatic carbocycles. The molecule has 0 saturated heterocycles. The van der Waals surface area contributed by atoms with E-state index in [1.165, 1.54) is 6.33 Å². The molecule has 8 heteroatoms. The quantitative estimate of drug-likeness (QED) is 0.493. The number of imidazole rings is 1. The van der Waals surface area contributed by atoms with E-state index in [4.69, 9.17) is 4.98 Å². The number of hydrogen-bond donors (Lipinski definition) is 0. The summed E-state index contributed by atoms with van der Waals surface area (Å²) < 4.78 is 3.65. The van der Waals surface area contributed by atoms with Crippen molar-refractivity contribution in [3.63, 3.8) is 0 Å². The molecule has 0 spiro atoms. The van der Waals surface area contributed by atoms with E-state index in [2.05, 4.69) is 25.0 Å². The standard InChI is InChI=1S/C19H14N8/c1-4-16(14-3-2-7-20-9-14)25-17(5-1)18-10-22-19-24-15(6-8-27(18)19)11-26-13-21-12-23-26/h1-10,12-13H,11H2. The first-order valence-electron chi connectivity index (χ1n) is 8.40. The van der Waals surface area contributed by atoms with Gasteiger partial charge in [-0.3, -0.25) is 9.38 Å². The molecular formula is C19H14N8. The van der Waals surface area contributed by atoms with Gasteiger partial charge in [0, 0.05) is 24.2 Å². The molecule has 0 bridgehead atoms. The molecule has 0 amide bonds. The summed E-state index contributed by atoms with van der Waals surface area (Å²) in [6.45, 7) is 0.549. The maximum atomic E-state index is 4.77. The summed E-state index contributed by atoms with van der Waals surface area (Å²) in [6.07, 6.45) is 10.5. The van der Waals surface area contributed by atoms with Crippen LogP contribution in [0.1, 0.15) is 5.69 Å². The minimum absolute atomic E-state index is 0.549. The van der Waals surface area contributed by atoms with E-state index >= 15 is 0 Å². The molecule has 5 rings (SSSR count). The lowest BCUT2D eigenvalue weighted by atomic mass is 10.1. The van der Waals surface area contributed by atoms with Gasteiger partial charge in [-0.2, -0.15) is 5.10 Å². The second kappa shape index (κ2) is 6.41. The number of pyridine rings is 2. The van der Waals surface area contributed by atoms with Crippen LogP contribution in [0, 0.1) is 0 Å². The maximum absolute atomic E-state index is 4.77. The van der Waals surface area contributed by atoms with Crippen LogP contribution >= 0.6 is 0 Å². The topological polar surface area (TPSA) is 86.7 Å². The smallest absolute Gasteiger partial charge is 0.234 e. The number of hydrogen-bond acceptors (Lipinski definition) is 6. The van der Waals surface area contributed by atoms with Crippen molar-refractivity contribution < 1.29 is 0 Å². The molecule has 5 heterocycles. The zero-order valence-corrected chi connectivity index (χ0v) is 14.2. The Morgan fingerprint density at radius 2 is 1.85 bits per heavy atom. The molecule has 0 radical (unpaired) electrons. The molecule has 5 aromatic heterocycles. The Hall–Kier alpha value is -3.94. The van der Waals surface area contributed by atoms with Crippen LogP contribution in [0.5, 0.6) is 0 Å². The Balaban J connectivity index is 1.52. The Morgan fingerprint density at radius 1 is 0.889 bits per heavy atom. The van der Waals surface area contributed by atoms with Crippen LogP contribution in [0.2, 0.25) is 0 Å². The van der Waals surface area contributed by atoms with Crippen LogP contribution in [-0.4, -0.2) is 39.1 Å². The molecule has 0 fully saturated rings. The van der Waals surface area contributed by atoms with Gasteiger partial charge in [-0.1, -0.05) is 6.07 Å². The molecule has 0 saturated carbocycles. The number of aromatic nitrogens is 8. The van der Waals surface area contributed by atoms with Crippen LogP contribution in [0.15, 0.2) is 73.8 Å². The van der Waals surface area contributed by atoms with Crippen molar-refractivity contribution in [3.05, 3.63) is 79.5 Å². The molecule has 5 aromatic rings. The van der Waals surface area contributed by atoms with Gasteiger partial charge in [0.05, 0.1) is 35.5 Å². The van der Waals surface area contributed by atoms with Gasteiger partial charge < -0.3 is 0 Å². The molecule has 27 heavy (non-hydrogen) atoms. The predicted octanol–water partition coefficient (Wildman–Crippen LogP) is 2.49. The summed E-state index contributed by atoms with van der Waals surface area (Å²) in [6, 6.07) is 11.8. The highest BCUT2D eigenvalue weighted by atomic mass is 15.3. The van der Waals surface area contributed by atoms with Crippen molar-refractivity contribution in [2.75, 3.05) is 0 Å². The third kappa shape index (κ3) is 2.93. The molecule has 0 atom stereocenters. The highest BCUT2D eigenvalue weighted by molar-refractivity contribution is 5.64. The molecule has 0 unspecified atom stereocenters. The second-order valence-electron chi connectivity index (χ2n) is 5.98. The highest BCUT2D eigenvalue weighted by Gasteiger charge is 2.10. The zero-order valence-electron chi connectivity index (χ0n) is 14.2. The van der Waals surface area contributed by atoms with Crippen molar-refractivity contribution in [2.45, 2.75) is 6.54 Å². The van der Waals surface area contributed by atoms with Crippen LogP contribution in [-0.2, 0) is 6.54 Å². The van der Waals surface area contributed by atoms with Gasteiger partial charge in [-0.15, -0.1) is 0 Å². The molecule has 0 aliphatic carbocycles. The van der Waals surface area contributed by atoms with E-state index in [-0.39, 0.29) is 0 Å². The van der Waals surface area contributed by atoms with E-state index in [0.717, 1.165) is 28.3 Å². The van der Waals surface area contributed by atoms with Crippen LogP contribution in [0.3, 0.4) is 0 Å². The largest absolute Gasteiger partial charge is 0.282 e. The van der Waals surface area contributed by atoms with Crippen molar-refractivity contribution >= 4 is 5.78 Å². The fraction of sp³-hybridized carbons (Fsp3) is 0.0526. The highest BCUT2D eigenvalue weighted by Crippen LogP contribution is 2.22. The average molecular weight is 354 g/mol.